The molecule has 5 heteroatoms. The van der Waals surface area contributed by atoms with E-state index in [0.29, 0.717) is 18.6 Å². The fourth-order valence-electron chi connectivity index (χ4n) is 4.83. The van der Waals surface area contributed by atoms with Crippen molar-refractivity contribution in [1.82, 2.24) is 5.32 Å². The van der Waals surface area contributed by atoms with Crippen LogP contribution in [0.4, 0.5) is 5.69 Å². The van der Waals surface area contributed by atoms with E-state index in [9.17, 15) is 9.90 Å². The molecule has 33 heavy (non-hydrogen) atoms. The number of amides is 1. The molecule has 5 N–H and O–H groups in total. The Hall–Kier alpha value is -3.31. The van der Waals surface area contributed by atoms with Crippen molar-refractivity contribution in [2.24, 2.45) is 5.73 Å². The first-order chi connectivity index (χ1) is 15.8. The number of hydrogen-bond donors (Lipinski definition) is 4. The molecule has 0 saturated carbocycles. The van der Waals surface area contributed by atoms with E-state index in [2.05, 4.69) is 61.7 Å². The molecule has 3 aromatic carbocycles. The van der Waals surface area contributed by atoms with Crippen LogP contribution in [-0.4, -0.2) is 23.6 Å². The minimum absolute atomic E-state index is 0.0932. The van der Waals surface area contributed by atoms with Gasteiger partial charge in [0.25, 0.3) is 0 Å². The van der Waals surface area contributed by atoms with Gasteiger partial charge in [-0.3, -0.25) is 4.79 Å². The van der Waals surface area contributed by atoms with E-state index in [1.54, 1.807) is 6.07 Å². The highest BCUT2D eigenvalue weighted by Crippen LogP contribution is 2.32. The van der Waals surface area contributed by atoms with Crippen molar-refractivity contribution < 1.29 is 9.90 Å². The predicted octanol–water partition coefficient (Wildman–Crippen LogP) is 4.45. The molecule has 1 aliphatic rings. The third-order valence-corrected chi connectivity index (χ3v) is 6.54. The third-order valence-electron chi connectivity index (χ3n) is 6.54. The van der Waals surface area contributed by atoms with Crippen LogP contribution in [0.3, 0.4) is 0 Å². The molecule has 4 rings (SSSR count). The summed E-state index contributed by atoms with van der Waals surface area (Å²) in [6.07, 6.45) is 1.95. The molecule has 172 valence electrons. The number of carbonyl (C=O) groups excluding carboxylic acids is 1. The van der Waals surface area contributed by atoms with Crippen LogP contribution < -0.4 is 16.4 Å². The lowest BCUT2D eigenvalue weighted by molar-refractivity contribution is -0.123. The van der Waals surface area contributed by atoms with E-state index in [1.165, 1.54) is 16.7 Å². The lowest BCUT2D eigenvalue weighted by Gasteiger charge is -2.29. The lowest BCUT2D eigenvalue weighted by Crippen LogP contribution is -2.44. The van der Waals surface area contributed by atoms with E-state index >= 15 is 0 Å². The van der Waals surface area contributed by atoms with Crippen molar-refractivity contribution in [3.05, 3.63) is 93.5 Å². The Kier molecular flexibility index (Phi) is 6.70. The van der Waals surface area contributed by atoms with Crippen molar-refractivity contribution >= 4 is 11.6 Å². The van der Waals surface area contributed by atoms with Gasteiger partial charge in [-0.05, 0) is 79.1 Å². The summed E-state index contributed by atoms with van der Waals surface area (Å²) in [5.41, 5.74) is 15.2. The van der Waals surface area contributed by atoms with Crippen LogP contribution in [0.15, 0.2) is 54.6 Å². The van der Waals surface area contributed by atoms with Gasteiger partial charge in [-0.2, -0.15) is 0 Å². The number of nitrogens with two attached hydrogens (primary N) is 1. The Morgan fingerprint density at radius 3 is 2.58 bits per heavy atom. The molecule has 0 saturated heterocycles. The molecule has 1 amide bonds. The molecule has 0 radical (unpaired) electrons. The highest BCUT2D eigenvalue weighted by atomic mass is 16.3. The summed E-state index contributed by atoms with van der Waals surface area (Å²) >= 11 is 0. The first-order valence-corrected chi connectivity index (χ1v) is 11.6. The minimum Gasteiger partial charge on any atom is -0.508 e. The number of aryl methyl sites for hydroxylation is 3. The van der Waals surface area contributed by atoms with E-state index < -0.39 is 6.04 Å². The minimum atomic E-state index is -0.604. The van der Waals surface area contributed by atoms with Gasteiger partial charge >= 0.3 is 0 Å². The van der Waals surface area contributed by atoms with Gasteiger partial charge in [-0.1, -0.05) is 48.0 Å². The summed E-state index contributed by atoms with van der Waals surface area (Å²) in [7, 11) is 0. The van der Waals surface area contributed by atoms with Gasteiger partial charge in [0.1, 0.15) is 5.75 Å². The van der Waals surface area contributed by atoms with E-state index in [0.717, 1.165) is 40.9 Å². The van der Waals surface area contributed by atoms with Crippen LogP contribution in [0.5, 0.6) is 5.75 Å². The average molecular weight is 444 g/mol. The van der Waals surface area contributed by atoms with Gasteiger partial charge in [0.15, 0.2) is 0 Å². The van der Waals surface area contributed by atoms with Gasteiger partial charge < -0.3 is 21.5 Å². The van der Waals surface area contributed by atoms with Crippen molar-refractivity contribution in [3.63, 3.8) is 0 Å². The monoisotopic (exact) mass is 443 g/mol. The molecule has 0 aromatic heterocycles. The quantitative estimate of drug-likeness (QED) is 0.453. The van der Waals surface area contributed by atoms with Crippen LogP contribution in [0.25, 0.3) is 0 Å². The van der Waals surface area contributed by atoms with Gasteiger partial charge in [-0.25, -0.2) is 0 Å². The summed E-state index contributed by atoms with van der Waals surface area (Å²) in [5.74, 6) is 0.171. The number of anilines is 1. The van der Waals surface area contributed by atoms with Crippen molar-refractivity contribution in [2.45, 2.75) is 52.1 Å². The van der Waals surface area contributed by atoms with Gasteiger partial charge in [0, 0.05) is 18.7 Å². The van der Waals surface area contributed by atoms with Crippen LogP contribution >= 0.6 is 0 Å². The summed E-state index contributed by atoms with van der Waals surface area (Å²) in [6.45, 7) is 7.03. The number of aromatic hydroxyl groups is 1. The van der Waals surface area contributed by atoms with Gasteiger partial charge in [0.2, 0.25) is 5.91 Å². The number of rotatable bonds is 6. The molecule has 0 fully saturated rings. The molecule has 0 bridgehead atoms. The number of para-hydroxylation sites is 1. The molecule has 2 atom stereocenters. The number of hydrogen-bond acceptors (Lipinski definition) is 4. The van der Waals surface area contributed by atoms with Crippen molar-refractivity contribution in [3.8, 4) is 5.75 Å². The predicted molar refractivity (Wildman–Crippen MR) is 134 cm³/mol. The molecule has 0 unspecified atom stereocenters. The fourth-order valence-corrected chi connectivity index (χ4v) is 4.83. The zero-order valence-electron chi connectivity index (χ0n) is 19.6. The third kappa shape index (κ3) is 5.20. The maximum Gasteiger partial charge on any atom is 0.237 e. The Morgan fingerprint density at radius 1 is 1.12 bits per heavy atom. The smallest absolute Gasteiger partial charge is 0.237 e. The Balaban J connectivity index is 1.49. The maximum atomic E-state index is 13.0. The van der Waals surface area contributed by atoms with Gasteiger partial charge in [0.05, 0.1) is 12.1 Å². The molecular formula is C28H33N3O2. The normalized spacial score (nSPS) is 15.9. The Bertz CT molecular complexity index is 1150. The highest BCUT2D eigenvalue weighted by Gasteiger charge is 2.25. The molecule has 3 aromatic rings. The number of benzene rings is 3. The topological polar surface area (TPSA) is 87.4 Å². The van der Waals surface area contributed by atoms with Crippen molar-refractivity contribution in [1.29, 1.82) is 0 Å². The Labute approximate surface area is 196 Å². The number of carbonyl (C=O) groups is 1. The fraction of sp³-hybridized carbons (Fsp3) is 0.321. The number of phenolic OH excluding ortho intramolecular Hbond substituents is 1. The van der Waals surface area contributed by atoms with Crippen LogP contribution in [0.2, 0.25) is 0 Å². The first-order valence-electron chi connectivity index (χ1n) is 11.6. The maximum absolute atomic E-state index is 13.0. The largest absolute Gasteiger partial charge is 0.508 e. The van der Waals surface area contributed by atoms with E-state index in [-0.39, 0.29) is 11.9 Å². The molecule has 1 heterocycles. The van der Waals surface area contributed by atoms with Crippen LogP contribution in [-0.2, 0) is 17.6 Å². The number of phenols is 1. The summed E-state index contributed by atoms with van der Waals surface area (Å²) in [4.78, 5) is 13.0. The second kappa shape index (κ2) is 9.67. The number of fused-ring (bicyclic) bond motifs is 1. The lowest BCUT2D eigenvalue weighted by atomic mass is 9.92. The van der Waals surface area contributed by atoms with Crippen molar-refractivity contribution in [2.75, 3.05) is 11.9 Å². The summed E-state index contributed by atoms with van der Waals surface area (Å²) < 4.78 is 0. The summed E-state index contributed by atoms with van der Waals surface area (Å²) in [6, 6.07) is 17.2. The summed E-state index contributed by atoms with van der Waals surface area (Å²) in [5, 5.41) is 16.8. The molecule has 0 spiro atoms. The first kappa shape index (κ1) is 22.9. The standard InChI is InChI=1S/C28H33N3O2/c1-17-12-18(2)22(19(3)13-17)16-24(29)28(33)31-26-10-11-30-25-9-8-20(15-23(25)26)14-21-6-4-5-7-27(21)32/h4-9,12-13,15,24,26,30,32H,10-11,14,16,29H2,1-3H3,(H,31,33)/t24-,26+/m0/s1. The van der Waals surface area contributed by atoms with Crippen LogP contribution in [0, 0.1) is 20.8 Å². The van der Waals surface area contributed by atoms with Crippen LogP contribution in [0.1, 0.15) is 51.4 Å². The second-order valence-corrected chi connectivity index (χ2v) is 9.19. The number of nitrogens with one attached hydrogen (secondary N) is 2. The molecule has 0 aliphatic carbocycles. The molecule has 1 aliphatic heterocycles. The molecule has 5 nitrogen and oxygen atoms in total. The Morgan fingerprint density at radius 2 is 1.85 bits per heavy atom. The SMILES string of the molecule is Cc1cc(C)c(C[C@H](N)C(=O)N[C@@H]2CCNc3ccc(Cc4ccccc4O)cc32)c(C)c1. The highest BCUT2D eigenvalue weighted by molar-refractivity contribution is 5.82. The average Bonchev–Trinajstić information content (AvgIpc) is 2.78. The van der Waals surface area contributed by atoms with Gasteiger partial charge in [-0.15, -0.1) is 0 Å². The molecular weight excluding hydrogens is 410 g/mol. The second-order valence-electron chi connectivity index (χ2n) is 9.19. The zero-order chi connectivity index (χ0) is 23.5. The van der Waals surface area contributed by atoms with E-state index in [1.807, 2.05) is 18.2 Å². The zero-order valence-corrected chi connectivity index (χ0v) is 19.6. The van der Waals surface area contributed by atoms with E-state index in [4.69, 9.17) is 5.73 Å².